The summed E-state index contributed by atoms with van der Waals surface area (Å²) in [5, 5.41) is 11.8. The summed E-state index contributed by atoms with van der Waals surface area (Å²) in [6.07, 6.45) is 1.51. The molecule has 0 saturated heterocycles. The van der Waals surface area contributed by atoms with Crippen molar-refractivity contribution in [2.75, 3.05) is 13.7 Å². The van der Waals surface area contributed by atoms with Crippen LogP contribution in [-0.2, 0) is 10.3 Å². The molecule has 5 nitrogen and oxygen atoms in total. The predicted octanol–water partition coefficient (Wildman–Crippen LogP) is 2.18. The molecule has 1 heterocycles. The van der Waals surface area contributed by atoms with Crippen molar-refractivity contribution in [2.24, 2.45) is 0 Å². The molecule has 1 unspecified atom stereocenters. The van der Waals surface area contributed by atoms with Crippen molar-refractivity contribution in [1.82, 2.24) is 10.3 Å². The second-order valence-corrected chi connectivity index (χ2v) is 5.00. The van der Waals surface area contributed by atoms with Crippen LogP contribution in [0.4, 0.5) is 0 Å². The molecule has 0 radical (unpaired) electrons. The van der Waals surface area contributed by atoms with Gasteiger partial charge in [0.2, 0.25) is 0 Å². The van der Waals surface area contributed by atoms with Gasteiger partial charge in [-0.3, -0.25) is 4.79 Å². The minimum Gasteiger partial charge on any atom is -0.382 e. The Bertz CT molecular complexity index is 658. The maximum atomic E-state index is 12.3. The standard InChI is InChI=1S/C16H17N3O2/c1-16(11-21-2,13-6-4-3-5-7-13)19-15(20)14-8-12(9-17)10-18-14/h3-8,10,18H,11H2,1-2H3,(H,19,20). The minimum atomic E-state index is -0.648. The van der Waals surface area contributed by atoms with Crippen molar-refractivity contribution in [3.8, 4) is 6.07 Å². The summed E-state index contributed by atoms with van der Waals surface area (Å²) >= 11 is 0. The molecular weight excluding hydrogens is 266 g/mol. The topological polar surface area (TPSA) is 77.9 Å². The van der Waals surface area contributed by atoms with E-state index < -0.39 is 5.54 Å². The van der Waals surface area contributed by atoms with Crippen LogP contribution in [0.15, 0.2) is 42.6 Å². The first kappa shape index (κ1) is 14.8. The SMILES string of the molecule is COCC(C)(NC(=O)c1cc(C#N)c[nH]1)c1ccccc1. The molecule has 2 rings (SSSR count). The number of ether oxygens (including phenoxy) is 1. The van der Waals surface area contributed by atoms with E-state index in [2.05, 4.69) is 10.3 Å². The highest BCUT2D eigenvalue weighted by atomic mass is 16.5. The van der Waals surface area contributed by atoms with E-state index in [-0.39, 0.29) is 5.91 Å². The van der Waals surface area contributed by atoms with Crippen LogP contribution in [0.1, 0.15) is 28.5 Å². The molecule has 0 aliphatic rings. The fourth-order valence-corrected chi connectivity index (χ4v) is 2.19. The molecule has 2 aromatic rings. The molecule has 0 aliphatic heterocycles. The molecule has 1 aromatic carbocycles. The third kappa shape index (κ3) is 3.30. The van der Waals surface area contributed by atoms with Gasteiger partial charge < -0.3 is 15.0 Å². The van der Waals surface area contributed by atoms with Crippen molar-refractivity contribution < 1.29 is 9.53 Å². The van der Waals surface area contributed by atoms with Crippen molar-refractivity contribution >= 4 is 5.91 Å². The predicted molar refractivity (Wildman–Crippen MR) is 78.6 cm³/mol. The highest BCUT2D eigenvalue weighted by molar-refractivity contribution is 5.93. The average Bonchev–Trinajstić information content (AvgIpc) is 2.97. The van der Waals surface area contributed by atoms with Crippen molar-refractivity contribution in [1.29, 1.82) is 5.26 Å². The summed E-state index contributed by atoms with van der Waals surface area (Å²) in [4.78, 5) is 15.1. The Hall–Kier alpha value is -2.58. The van der Waals surface area contributed by atoms with E-state index in [1.54, 1.807) is 7.11 Å². The van der Waals surface area contributed by atoms with Crippen molar-refractivity contribution in [2.45, 2.75) is 12.5 Å². The number of hydrogen-bond donors (Lipinski definition) is 2. The van der Waals surface area contributed by atoms with Gasteiger partial charge in [-0.1, -0.05) is 30.3 Å². The molecular formula is C16H17N3O2. The number of benzene rings is 1. The molecule has 0 bridgehead atoms. The van der Waals surface area contributed by atoms with Crippen LogP contribution in [0.25, 0.3) is 0 Å². The molecule has 1 amide bonds. The van der Waals surface area contributed by atoms with E-state index in [9.17, 15) is 4.79 Å². The highest BCUT2D eigenvalue weighted by Crippen LogP contribution is 2.21. The van der Waals surface area contributed by atoms with Crippen LogP contribution in [0.2, 0.25) is 0 Å². The van der Waals surface area contributed by atoms with Crippen molar-refractivity contribution in [3.05, 3.63) is 59.4 Å². The molecule has 108 valence electrons. The Labute approximate surface area is 123 Å². The Morgan fingerprint density at radius 2 is 2.14 bits per heavy atom. The molecule has 0 saturated carbocycles. The van der Waals surface area contributed by atoms with Gasteiger partial charge in [-0.2, -0.15) is 5.26 Å². The Morgan fingerprint density at radius 3 is 2.71 bits per heavy atom. The van der Waals surface area contributed by atoms with Crippen LogP contribution in [0, 0.1) is 11.3 Å². The maximum Gasteiger partial charge on any atom is 0.268 e. The smallest absolute Gasteiger partial charge is 0.268 e. The Balaban J connectivity index is 2.24. The zero-order valence-corrected chi connectivity index (χ0v) is 12.0. The van der Waals surface area contributed by atoms with Crippen LogP contribution in [0.5, 0.6) is 0 Å². The van der Waals surface area contributed by atoms with Crippen LogP contribution < -0.4 is 5.32 Å². The van der Waals surface area contributed by atoms with E-state index in [0.717, 1.165) is 5.56 Å². The first-order valence-corrected chi connectivity index (χ1v) is 6.54. The van der Waals surface area contributed by atoms with Gasteiger partial charge in [0.05, 0.1) is 17.7 Å². The van der Waals surface area contributed by atoms with Crippen molar-refractivity contribution in [3.63, 3.8) is 0 Å². The fraction of sp³-hybridized carbons (Fsp3) is 0.250. The first-order chi connectivity index (χ1) is 10.1. The summed E-state index contributed by atoms with van der Waals surface area (Å²) in [5.41, 5.74) is 1.08. The van der Waals surface area contributed by atoms with E-state index in [1.807, 2.05) is 43.3 Å². The lowest BCUT2D eigenvalue weighted by Crippen LogP contribution is -2.46. The third-order valence-electron chi connectivity index (χ3n) is 3.29. The molecule has 0 fully saturated rings. The largest absolute Gasteiger partial charge is 0.382 e. The molecule has 0 aliphatic carbocycles. The van der Waals surface area contributed by atoms with E-state index in [4.69, 9.17) is 10.00 Å². The monoisotopic (exact) mass is 283 g/mol. The zero-order valence-electron chi connectivity index (χ0n) is 12.0. The second kappa shape index (κ2) is 6.25. The summed E-state index contributed by atoms with van der Waals surface area (Å²) in [5.74, 6) is -0.278. The number of methoxy groups -OCH3 is 1. The number of amides is 1. The number of carbonyl (C=O) groups excluding carboxylic acids is 1. The van der Waals surface area contributed by atoms with Gasteiger partial charge in [-0.15, -0.1) is 0 Å². The van der Waals surface area contributed by atoms with E-state index in [0.29, 0.717) is 17.9 Å². The second-order valence-electron chi connectivity index (χ2n) is 5.00. The summed E-state index contributed by atoms with van der Waals surface area (Å²) in [6, 6.07) is 13.1. The summed E-state index contributed by atoms with van der Waals surface area (Å²) in [7, 11) is 1.59. The number of nitriles is 1. The number of H-pyrrole nitrogens is 1. The number of rotatable bonds is 5. The van der Waals surface area contributed by atoms with Gasteiger partial charge in [0.1, 0.15) is 11.8 Å². The fourth-order valence-electron chi connectivity index (χ4n) is 2.19. The van der Waals surface area contributed by atoms with Gasteiger partial charge in [-0.25, -0.2) is 0 Å². The number of carbonyl (C=O) groups is 1. The summed E-state index contributed by atoms with van der Waals surface area (Å²) < 4.78 is 5.25. The number of hydrogen-bond acceptors (Lipinski definition) is 3. The molecule has 2 N–H and O–H groups in total. The Kier molecular flexibility index (Phi) is 4.41. The minimum absolute atomic E-state index is 0.278. The zero-order chi connectivity index (χ0) is 15.3. The molecule has 5 heteroatoms. The lowest BCUT2D eigenvalue weighted by Gasteiger charge is -2.30. The van der Waals surface area contributed by atoms with Crippen LogP contribution >= 0.6 is 0 Å². The molecule has 0 spiro atoms. The first-order valence-electron chi connectivity index (χ1n) is 6.54. The van der Waals surface area contributed by atoms with E-state index in [1.165, 1.54) is 12.3 Å². The normalized spacial score (nSPS) is 13.2. The highest BCUT2D eigenvalue weighted by Gasteiger charge is 2.29. The number of nitrogens with one attached hydrogen (secondary N) is 2. The molecule has 21 heavy (non-hydrogen) atoms. The lowest BCUT2D eigenvalue weighted by molar-refractivity contribution is 0.0782. The average molecular weight is 283 g/mol. The van der Waals surface area contributed by atoms with Gasteiger partial charge in [0.15, 0.2) is 0 Å². The van der Waals surface area contributed by atoms with Gasteiger partial charge in [0.25, 0.3) is 5.91 Å². The number of aromatic nitrogens is 1. The third-order valence-corrected chi connectivity index (χ3v) is 3.29. The summed E-state index contributed by atoms with van der Waals surface area (Å²) in [6.45, 7) is 2.24. The quantitative estimate of drug-likeness (QED) is 0.882. The van der Waals surface area contributed by atoms with E-state index >= 15 is 0 Å². The molecule has 1 aromatic heterocycles. The number of nitrogens with zero attached hydrogens (tertiary/aromatic N) is 1. The number of aromatic amines is 1. The van der Waals surface area contributed by atoms with Gasteiger partial charge in [0, 0.05) is 13.3 Å². The van der Waals surface area contributed by atoms with Crippen LogP contribution in [0.3, 0.4) is 0 Å². The van der Waals surface area contributed by atoms with Gasteiger partial charge >= 0.3 is 0 Å². The van der Waals surface area contributed by atoms with Gasteiger partial charge in [-0.05, 0) is 18.6 Å². The maximum absolute atomic E-state index is 12.3. The lowest BCUT2D eigenvalue weighted by atomic mass is 9.92. The van der Waals surface area contributed by atoms with Crippen LogP contribution in [-0.4, -0.2) is 24.6 Å². The Morgan fingerprint density at radius 1 is 1.43 bits per heavy atom. The molecule has 1 atom stereocenters.